The first kappa shape index (κ1) is 8.41. The van der Waals surface area contributed by atoms with Gasteiger partial charge in [0.2, 0.25) is 0 Å². The predicted molar refractivity (Wildman–Crippen MR) is 47.6 cm³/mol. The Morgan fingerprint density at radius 1 is 1.67 bits per heavy atom. The van der Waals surface area contributed by atoms with Crippen LogP contribution in [0.5, 0.6) is 5.75 Å². The van der Waals surface area contributed by atoms with E-state index < -0.39 is 0 Å². The Bertz CT molecular complexity index is 291. The molecule has 2 N–H and O–H groups in total. The molecule has 1 heterocycles. The van der Waals surface area contributed by atoms with Gasteiger partial charge < -0.3 is 10.5 Å². The molecule has 0 saturated carbocycles. The van der Waals surface area contributed by atoms with E-state index in [9.17, 15) is 0 Å². The first-order valence-corrected chi connectivity index (χ1v) is 3.61. The highest BCUT2D eigenvalue weighted by Crippen LogP contribution is 2.16. The average Bonchev–Trinajstić information content (AvgIpc) is 2.09. The second kappa shape index (κ2) is 4.24. The van der Waals surface area contributed by atoms with Gasteiger partial charge in [0.15, 0.2) is 11.6 Å². The van der Waals surface area contributed by atoms with E-state index in [-0.39, 0.29) is 0 Å². The normalized spacial score (nSPS) is 8.92. The lowest BCUT2D eigenvalue weighted by atomic mass is 10.4. The van der Waals surface area contributed by atoms with Gasteiger partial charge in [0.05, 0.1) is 6.61 Å². The maximum Gasteiger partial charge on any atom is 0.166 e. The van der Waals surface area contributed by atoms with Gasteiger partial charge in [0, 0.05) is 12.6 Å². The highest BCUT2D eigenvalue weighted by molar-refractivity contribution is 5.44. The van der Waals surface area contributed by atoms with Gasteiger partial charge in [-0.1, -0.05) is 0 Å². The number of rotatable bonds is 3. The first-order chi connectivity index (χ1) is 5.84. The van der Waals surface area contributed by atoms with Crippen LogP contribution in [0.25, 0.3) is 0 Å². The highest BCUT2D eigenvalue weighted by atomic mass is 16.5. The number of anilines is 1. The number of hydrogen-bond acceptors (Lipinski definition) is 3. The van der Waals surface area contributed by atoms with Crippen molar-refractivity contribution in [3.8, 4) is 18.1 Å². The summed E-state index contributed by atoms with van der Waals surface area (Å²) in [6.45, 7) is 0.479. The summed E-state index contributed by atoms with van der Waals surface area (Å²) >= 11 is 0. The summed E-state index contributed by atoms with van der Waals surface area (Å²) in [4.78, 5) is 3.86. The summed E-state index contributed by atoms with van der Waals surface area (Å²) < 4.78 is 5.25. The van der Waals surface area contributed by atoms with Crippen molar-refractivity contribution in [3.63, 3.8) is 0 Å². The molecule has 1 aromatic heterocycles. The highest BCUT2D eigenvalue weighted by Gasteiger charge is 1.97. The number of nitrogens with two attached hydrogens (primary N) is 1. The molecule has 0 aliphatic rings. The van der Waals surface area contributed by atoms with E-state index in [0.717, 1.165) is 0 Å². The molecule has 1 rings (SSSR count). The summed E-state index contributed by atoms with van der Waals surface area (Å²) in [5.74, 6) is 3.46. The van der Waals surface area contributed by atoms with Gasteiger partial charge in [-0.2, -0.15) is 0 Å². The topological polar surface area (TPSA) is 48.1 Å². The molecule has 62 valence electrons. The Balaban J connectivity index is 2.53. The van der Waals surface area contributed by atoms with Crippen LogP contribution in [-0.4, -0.2) is 11.6 Å². The van der Waals surface area contributed by atoms with Crippen LogP contribution in [-0.2, 0) is 0 Å². The molecule has 0 unspecified atom stereocenters. The molecule has 0 aliphatic carbocycles. The Hall–Kier alpha value is -1.69. The van der Waals surface area contributed by atoms with Crippen molar-refractivity contribution >= 4 is 5.82 Å². The number of ether oxygens (including phenoxy) is 1. The molecule has 0 fully saturated rings. The maximum atomic E-state index is 5.52. The van der Waals surface area contributed by atoms with Gasteiger partial charge >= 0.3 is 0 Å². The van der Waals surface area contributed by atoms with E-state index in [1.807, 2.05) is 0 Å². The molecule has 0 radical (unpaired) electrons. The van der Waals surface area contributed by atoms with Crippen LogP contribution in [0.2, 0.25) is 0 Å². The molecule has 1 aromatic rings. The number of nitrogen functional groups attached to an aromatic ring is 1. The number of aromatic nitrogens is 1. The van der Waals surface area contributed by atoms with Crippen molar-refractivity contribution in [2.24, 2.45) is 0 Å². The second-order valence-corrected chi connectivity index (χ2v) is 2.19. The van der Waals surface area contributed by atoms with Crippen LogP contribution in [0.1, 0.15) is 6.42 Å². The van der Waals surface area contributed by atoms with Crippen LogP contribution >= 0.6 is 0 Å². The minimum absolute atomic E-state index is 0.398. The third kappa shape index (κ3) is 2.17. The monoisotopic (exact) mass is 162 g/mol. The van der Waals surface area contributed by atoms with Gasteiger partial charge in [0.1, 0.15) is 0 Å². The van der Waals surface area contributed by atoms with Crippen molar-refractivity contribution in [1.82, 2.24) is 4.98 Å². The van der Waals surface area contributed by atoms with Gasteiger partial charge in [-0.15, -0.1) is 12.3 Å². The molecule has 0 bridgehead atoms. The number of pyridine rings is 1. The summed E-state index contributed by atoms with van der Waals surface area (Å²) in [5, 5.41) is 0. The van der Waals surface area contributed by atoms with Crippen molar-refractivity contribution in [2.45, 2.75) is 6.42 Å². The van der Waals surface area contributed by atoms with Crippen LogP contribution in [0, 0.1) is 12.3 Å². The third-order valence-electron chi connectivity index (χ3n) is 1.30. The lowest BCUT2D eigenvalue weighted by Gasteiger charge is -2.04. The second-order valence-electron chi connectivity index (χ2n) is 2.19. The quantitative estimate of drug-likeness (QED) is 0.534. The standard InChI is InChI=1S/C9H10N2O/c1-2-3-7-12-8-5-4-6-11-9(8)10/h1,4-6H,3,7H2,(H2,10,11). The molecule has 3 heteroatoms. The molecule has 0 aliphatic heterocycles. The lowest BCUT2D eigenvalue weighted by Crippen LogP contribution is -2.00. The van der Waals surface area contributed by atoms with Crippen molar-refractivity contribution in [1.29, 1.82) is 0 Å². The fourth-order valence-corrected chi connectivity index (χ4v) is 0.745. The zero-order valence-electron chi connectivity index (χ0n) is 6.66. The Morgan fingerprint density at radius 3 is 3.17 bits per heavy atom. The van der Waals surface area contributed by atoms with Crippen LogP contribution in [0.15, 0.2) is 18.3 Å². The minimum atomic E-state index is 0.398. The van der Waals surface area contributed by atoms with Gasteiger partial charge in [-0.05, 0) is 12.1 Å². The van der Waals surface area contributed by atoms with Crippen LogP contribution in [0.4, 0.5) is 5.82 Å². The first-order valence-electron chi connectivity index (χ1n) is 3.61. The van der Waals surface area contributed by atoms with E-state index in [0.29, 0.717) is 24.6 Å². The van der Waals surface area contributed by atoms with Crippen LogP contribution < -0.4 is 10.5 Å². The van der Waals surface area contributed by atoms with Crippen molar-refractivity contribution in [2.75, 3.05) is 12.3 Å². The number of hydrogen-bond donors (Lipinski definition) is 1. The number of terminal acetylenes is 1. The molecular weight excluding hydrogens is 152 g/mol. The molecule has 0 amide bonds. The Labute approximate surface area is 71.6 Å². The van der Waals surface area contributed by atoms with Gasteiger partial charge in [-0.3, -0.25) is 0 Å². The average molecular weight is 162 g/mol. The summed E-state index contributed by atoms with van der Waals surface area (Å²) in [5.41, 5.74) is 5.52. The molecule has 0 aromatic carbocycles. The molecule has 12 heavy (non-hydrogen) atoms. The van der Waals surface area contributed by atoms with E-state index in [1.54, 1.807) is 18.3 Å². The van der Waals surface area contributed by atoms with Crippen molar-refractivity contribution in [3.05, 3.63) is 18.3 Å². The molecule has 0 atom stereocenters. The van der Waals surface area contributed by atoms with E-state index >= 15 is 0 Å². The fraction of sp³-hybridized carbons (Fsp3) is 0.222. The lowest BCUT2D eigenvalue weighted by molar-refractivity contribution is 0.328. The van der Waals surface area contributed by atoms with E-state index in [1.165, 1.54) is 0 Å². The summed E-state index contributed by atoms with van der Waals surface area (Å²) in [6, 6.07) is 3.53. The zero-order valence-corrected chi connectivity index (χ0v) is 6.66. The van der Waals surface area contributed by atoms with Crippen LogP contribution in [0.3, 0.4) is 0 Å². The SMILES string of the molecule is C#CCCOc1cccnc1N. The van der Waals surface area contributed by atoms with Gasteiger partial charge in [-0.25, -0.2) is 4.98 Å². The van der Waals surface area contributed by atoms with E-state index in [4.69, 9.17) is 16.9 Å². The molecule has 3 nitrogen and oxygen atoms in total. The zero-order chi connectivity index (χ0) is 8.81. The fourth-order valence-electron chi connectivity index (χ4n) is 0.745. The molecular formula is C9H10N2O. The maximum absolute atomic E-state index is 5.52. The van der Waals surface area contributed by atoms with E-state index in [2.05, 4.69) is 10.9 Å². The molecule has 0 spiro atoms. The number of nitrogens with zero attached hydrogens (tertiary/aromatic N) is 1. The van der Waals surface area contributed by atoms with Gasteiger partial charge in [0.25, 0.3) is 0 Å². The predicted octanol–water partition coefficient (Wildman–Crippen LogP) is 1.07. The third-order valence-corrected chi connectivity index (χ3v) is 1.30. The Morgan fingerprint density at radius 2 is 2.50 bits per heavy atom. The molecule has 0 saturated heterocycles. The largest absolute Gasteiger partial charge is 0.489 e. The summed E-state index contributed by atoms with van der Waals surface area (Å²) in [7, 11) is 0. The Kier molecular flexibility index (Phi) is 2.97. The smallest absolute Gasteiger partial charge is 0.166 e. The van der Waals surface area contributed by atoms with Crippen molar-refractivity contribution < 1.29 is 4.74 Å². The summed E-state index contributed by atoms with van der Waals surface area (Å²) in [6.07, 6.45) is 7.25. The minimum Gasteiger partial charge on any atom is -0.489 e.